The fourth-order valence-electron chi connectivity index (χ4n) is 7.62. The average molecular weight is 674 g/mol. The van der Waals surface area contributed by atoms with Crippen molar-refractivity contribution >= 4 is 87.1 Å². The molecule has 0 radical (unpaired) electrons. The molecular weight excluding hydrogens is 647 g/mol. The smallest absolute Gasteiger partial charge is 0.163 e. The highest BCUT2D eigenvalue weighted by Gasteiger charge is 2.26. The van der Waals surface area contributed by atoms with Crippen molar-refractivity contribution in [2.75, 3.05) is 0 Å². The maximum Gasteiger partial charge on any atom is 0.163 e. The van der Waals surface area contributed by atoms with Crippen molar-refractivity contribution in [3.05, 3.63) is 168 Å². The number of fused-ring (bicyclic) bond motifs is 9. The van der Waals surface area contributed by atoms with Crippen molar-refractivity contribution in [2.24, 2.45) is 9.98 Å². The predicted octanol–water partition coefficient (Wildman–Crippen LogP) is 12.0. The number of aliphatic imine (C=N–C) groups is 2. The van der Waals surface area contributed by atoms with Crippen LogP contribution in [0.3, 0.4) is 0 Å². The van der Waals surface area contributed by atoms with Gasteiger partial charge in [0.15, 0.2) is 5.84 Å². The zero-order valence-electron chi connectivity index (χ0n) is 27.1. The Kier molecular flexibility index (Phi) is 6.12. The van der Waals surface area contributed by atoms with Gasteiger partial charge in [-0.05, 0) is 42.0 Å². The lowest BCUT2D eigenvalue weighted by Gasteiger charge is -2.24. The van der Waals surface area contributed by atoms with E-state index in [1.165, 1.54) is 20.2 Å². The fraction of sp³-hybridized carbons (Fsp3) is 0.0222. The van der Waals surface area contributed by atoms with Crippen LogP contribution in [0.1, 0.15) is 22.9 Å². The minimum Gasteiger partial charge on any atom is -0.456 e. The molecule has 7 aromatic carbocycles. The van der Waals surface area contributed by atoms with Crippen LogP contribution in [0.15, 0.2) is 170 Å². The lowest BCUT2D eigenvalue weighted by Crippen LogP contribution is -2.33. The lowest BCUT2D eigenvalue weighted by molar-refractivity contribution is 0.665. The van der Waals surface area contributed by atoms with Crippen molar-refractivity contribution < 1.29 is 8.83 Å². The van der Waals surface area contributed by atoms with Gasteiger partial charge in [0, 0.05) is 58.4 Å². The van der Waals surface area contributed by atoms with Gasteiger partial charge >= 0.3 is 0 Å². The number of amidine groups is 2. The molecule has 1 atom stereocenters. The first kappa shape index (κ1) is 28.3. The number of nitrogens with zero attached hydrogens (tertiary/aromatic N) is 2. The highest BCUT2D eigenvalue weighted by molar-refractivity contribution is 7.25. The third kappa shape index (κ3) is 4.40. The number of furan rings is 2. The predicted molar refractivity (Wildman–Crippen MR) is 211 cm³/mol. The van der Waals surface area contributed by atoms with Gasteiger partial charge in [-0.1, -0.05) is 115 Å². The van der Waals surface area contributed by atoms with Crippen LogP contribution in [0.2, 0.25) is 0 Å². The molecule has 0 aliphatic carbocycles. The van der Waals surface area contributed by atoms with E-state index in [2.05, 4.69) is 121 Å². The van der Waals surface area contributed by atoms with E-state index < -0.39 is 0 Å². The Morgan fingerprint density at radius 3 is 2.08 bits per heavy atom. The van der Waals surface area contributed by atoms with E-state index in [1.54, 1.807) is 0 Å². The number of thiophene rings is 1. The third-order valence-electron chi connectivity index (χ3n) is 9.97. The van der Waals surface area contributed by atoms with Crippen molar-refractivity contribution in [1.82, 2.24) is 5.32 Å². The molecule has 0 saturated heterocycles. The summed E-state index contributed by atoms with van der Waals surface area (Å²) in [6.07, 6.45) is -0.361. The van der Waals surface area contributed by atoms with Gasteiger partial charge in [0.25, 0.3) is 0 Å². The second-order valence-corrected chi connectivity index (χ2v) is 14.0. The number of nitrogens with one attached hydrogen (secondary N) is 1. The Morgan fingerprint density at radius 1 is 0.510 bits per heavy atom. The van der Waals surface area contributed by atoms with Crippen LogP contribution in [0.5, 0.6) is 0 Å². The molecule has 240 valence electrons. The zero-order valence-corrected chi connectivity index (χ0v) is 27.9. The number of hydrogen-bond acceptors (Lipinski definition) is 6. The second-order valence-electron chi connectivity index (χ2n) is 12.9. The molecule has 5 nitrogen and oxygen atoms in total. The number of hydrogen-bond donors (Lipinski definition) is 1. The highest BCUT2D eigenvalue weighted by Crippen LogP contribution is 2.41. The van der Waals surface area contributed by atoms with Crippen LogP contribution in [0, 0.1) is 0 Å². The molecular formula is C45H27N3O2S. The standard InChI is InChI=1S/C45H27N3O2S/c1-2-11-26(12-3-1)43-46-44(34-18-10-22-39-40(34)33-14-5-7-21-38(33)51-39)48-45(47-43)35-19-9-17-32-31-16-8-15-28(41(31)50-42(32)35)27-23-24-30-29-13-4-6-20-36(29)49-37(30)25-27/h1-25,44H,(H,46,47,48). The van der Waals surface area contributed by atoms with Crippen molar-refractivity contribution in [3.63, 3.8) is 0 Å². The normalized spacial score (nSPS) is 14.9. The minimum atomic E-state index is -0.361. The van der Waals surface area contributed by atoms with E-state index >= 15 is 0 Å². The molecule has 4 heterocycles. The second kappa shape index (κ2) is 11.0. The van der Waals surface area contributed by atoms with Crippen LogP contribution in [0.25, 0.3) is 75.2 Å². The monoisotopic (exact) mass is 673 g/mol. The van der Waals surface area contributed by atoms with Gasteiger partial charge in [0.05, 0.1) is 5.56 Å². The molecule has 1 aliphatic rings. The maximum atomic E-state index is 6.89. The number of para-hydroxylation sites is 3. The molecule has 1 unspecified atom stereocenters. The van der Waals surface area contributed by atoms with E-state index in [-0.39, 0.29) is 6.17 Å². The summed E-state index contributed by atoms with van der Waals surface area (Å²) in [5.74, 6) is 1.40. The topological polar surface area (TPSA) is 63.0 Å². The van der Waals surface area contributed by atoms with Gasteiger partial charge in [-0.15, -0.1) is 11.3 Å². The summed E-state index contributed by atoms with van der Waals surface area (Å²) in [5, 5.41) is 10.4. The Bertz CT molecular complexity index is 3070. The number of rotatable bonds is 4. The van der Waals surface area contributed by atoms with Gasteiger partial charge in [0.2, 0.25) is 0 Å². The summed E-state index contributed by atoms with van der Waals surface area (Å²) in [6.45, 7) is 0. The summed E-state index contributed by atoms with van der Waals surface area (Å²) < 4.78 is 15.7. The summed E-state index contributed by atoms with van der Waals surface area (Å²) >= 11 is 1.81. The molecule has 0 amide bonds. The molecule has 11 rings (SSSR count). The lowest BCUT2D eigenvalue weighted by atomic mass is 10.0. The van der Waals surface area contributed by atoms with Gasteiger partial charge in [0.1, 0.15) is 34.3 Å². The van der Waals surface area contributed by atoms with E-state index in [0.29, 0.717) is 5.84 Å². The Morgan fingerprint density at radius 2 is 1.20 bits per heavy atom. The Labute approximate surface area is 295 Å². The Hall–Kier alpha value is -6.50. The minimum absolute atomic E-state index is 0.361. The first-order valence-electron chi connectivity index (χ1n) is 17.0. The molecule has 1 N–H and O–H groups in total. The summed E-state index contributed by atoms with van der Waals surface area (Å²) in [4.78, 5) is 10.5. The first-order valence-corrected chi connectivity index (χ1v) is 17.8. The fourth-order valence-corrected chi connectivity index (χ4v) is 8.76. The van der Waals surface area contributed by atoms with Crippen LogP contribution >= 0.6 is 11.3 Å². The average Bonchev–Trinajstić information content (AvgIpc) is 3.89. The van der Waals surface area contributed by atoms with E-state index in [1.807, 2.05) is 47.7 Å². The summed E-state index contributed by atoms with van der Waals surface area (Å²) in [7, 11) is 0. The van der Waals surface area contributed by atoms with E-state index in [0.717, 1.165) is 77.5 Å². The van der Waals surface area contributed by atoms with Crippen LogP contribution in [0.4, 0.5) is 0 Å². The largest absolute Gasteiger partial charge is 0.456 e. The summed E-state index contributed by atoms with van der Waals surface area (Å²) in [5.41, 5.74) is 8.33. The van der Waals surface area contributed by atoms with Crippen molar-refractivity contribution in [1.29, 1.82) is 0 Å². The molecule has 0 spiro atoms. The molecule has 51 heavy (non-hydrogen) atoms. The van der Waals surface area contributed by atoms with Gasteiger partial charge < -0.3 is 14.2 Å². The SMILES string of the molecule is c1ccc(C2=NC(c3cccc4c3oc3c(-c5ccc6c(c5)oc5ccccc56)cccc34)=NC(c3cccc4sc5ccccc5c34)N2)cc1. The van der Waals surface area contributed by atoms with Crippen molar-refractivity contribution in [2.45, 2.75) is 6.17 Å². The third-order valence-corrected chi connectivity index (χ3v) is 11.1. The highest BCUT2D eigenvalue weighted by atomic mass is 32.1. The molecule has 3 aromatic heterocycles. The van der Waals surface area contributed by atoms with Crippen LogP contribution in [-0.4, -0.2) is 11.7 Å². The maximum absolute atomic E-state index is 6.89. The zero-order chi connectivity index (χ0) is 33.5. The van der Waals surface area contributed by atoms with Crippen LogP contribution < -0.4 is 5.32 Å². The molecule has 0 saturated carbocycles. The van der Waals surface area contributed by atoms with Gasteiger partial charge in [-0.3, -0.25) is 0 Å². The Balaban J connectivity index is 1.10. The molecule has 1 aliphatic heterocycles. The first-order chi connectivity index (χ1) is 25.3. The van der Waals surface area contributed by atoms with E-state index in [9.17, 15) is 0 Å². The summed E-state index contributed by atoms with van der Waals surface area (Å²) in [6, 6.07) is 52.6. The van der Waals surface area contributed by atoms with E-state index in [4.69, 9.17) is 18.8 Å². The van der Waals surface area contributed by atoms with Gasteiger partial charge in [-0.25, -0.2) is 9.98 Å². The molecule has 0 bridgehead atoms. The molecule has 0 fully saturated rings. The number of benzene rings is 7. The van der Waals surface area contributed by atoms with Crippen LogP contribution in [-0.2, 0) is 0 Å². The quantitative estimate of drug-likeness (QED) is 0.202. The van der Waals surface area contributed by atoms with Gasteiger partial charge in [-0.2, -0.15) is 0 Å². The van der Waals surface area contributed by atoms with Crippen molar-refractivity contribution in [3.8, 4) is 11.1 Å². The molecule has 10 aromatic rings. The molecule has 6 heteroatoms.